The summed E-state index contributed by atoms with van der Waals surface area (Å²) < 4.78 is 0. The first-order valence-corrected chi connectivity index (χ1v) is 10.2. The first kappa shape index (κ1) is 18.0. The van der Waals surface area contributed by atoms with Gasteiger partial charge in [0.2, 0.25) is 0 Å². The molecule has 2 saturated carbocycles. The molecule has 0 bridgehead atoms. The molecule has 0 saturated heterocycles. The number of aromatic hydroxyl groups is 1. The van der Waals surface area contributed by atoms with Crippen LogP contribution in [0.2, 0.25) is 0 Å². The van der Waals surface area contributed by atoms with Gasteiger partial charge in [0, 0.05) is 0 Å². The maximum Gasteiger partial charge on any atom is 0.115 e. The van der Waals surface area contributed by atoms with Crippen molar-refractivity contribution in [3.8, 4) is 5.75 Å². The van der Waals surface area contributed by atoms with Gasteiger partial charge in [0.15, 0.2) is 0 Å². The lowest BCUT2D eigenvalue weighted by molar-refractivity contribution is 0.435. The predicted octanol–water partition coefficient (Wildman–Crippen LogP) is 7.17. The monoisotopic (exact) mass is 336 g/mol. The van der Waals surface area contributed by atoms with Crippen molar-refractivity contribution in [3.05, 3.63) is 65.7 Å². The van der Waals surface area contributed by atoms with Crippen LogP contribution in [0.25, 0.3) is 0 Å². The summed E-state index contributed by atoms with van der Waals surface area (Å²) in [5.74, 6) is 2.05. The van der Waals surface area contributed by atoms with Crippen LogP contribution in [0, 0.1) is 0 Å². The van der Waals surface area contributed by atoms with E-state index in [0.29, 0.717) is 5.75 Å². The molecule has 0 unspecified atom stereocenters. The molecule has 1 heteroatoms. The Kier molecular flexibility index (Phi) is 6.97. The van der Waals surface area contributed by atoms with E-state index in [4.69, 9.17) is 5.11 Å². The minimum absolute atomic E-state index is 0.322. The van der Waals surface area contributed by atoms with E-state index in [1.165, 1.54) is 64.2 Å². The molecule has 1 N–H and O–H groups in total. The van der Waals surface area contributed by atoms with Crippen LogP contribution in [0.4, 0.5) is 0 Å². The van der Waals surface area contributed by atoms with Crippen molar-refractivity contribution in [1.29, 1.82) is 0 Å². The summed E-state index contributed by atoms with van der Waals surface area (Å²) in [7, 11) is 0. The fourth-order valence-electron chi connectivity index (χ4n) is 4.37. The van der Waals surface area contributed by atoms with Gasteiger partial charge in [-0.15, -0.1) is 0 Å². The lowest BCUT2D eigenvalue weighted by Gasteiger charge is -2.25. The Labute approximate surface area is 153 Å². The van der Waals surface area contributed by atoms with Gasteiger partial charge in [-0.1, -0.05) is 81.0 Å². The van der Waals surface area contributed by atoms with E-state index in [1.807, 2.05) is 6.07 Å². The lowest BCUT2D eigenvalue weighted by Crippen LogP contribution is -2.07. The van der Waals surface area contributed by atoms with Gasteiger partial charge in [0.05, 0.1) is 0 Å². The third-order valence-electron chi connectivity index (χ3n) is 5.82. The van der Waals surface area contributed by atoms with E-state index < -0.39 is 0 Å². The van der Waals surface area contributed by atoms with E-state index in [9.17, 15) is 0 Å². The van der Waals surface area contributed by atoms with Crippen molar-refractivity contribution < 1.29 is 5.11 Å². The topological polar surface area (TPSA) is 20.2 Å². The smallest absolute Gasteiger partial charge is 0.115 e. The molecule has 0 radical (unpaired) electrons. The molecular formula is C24H32O. The standard InChI is InChI=1S/C18H26.C6H6O/c1-3-8-15(9-4-1)17-12-7-13-18(14-17)16-10-5-2-6-11-16;7-6-4-2-1-3-5-6/h7,12-16H,1-6,8-11H2;1-5,7H. The number of hydrogen-bond donors (Lipinski definition) is 1. The molecule has 2 fully saturated rings. The Morgan fingerprint density at radius 3 is 1.44 bits per heavy atom. The van der Waals surface area contributed by atoms with Gasteiger partial charge < -0.3 is 5.11 Å². The van der Waals surface area contributed by atoms with Gasteiger partial charge in [0.1, 0.15) is 5.75 Å². The van der Waals surface area contributed by atoms with Gasteiger partial charge in [-0.25, -0.2) is 0 Å². The fourth-order valence-corrected chi connectivity index (χ4v) is 4.37. The van der Waals surface area contributed by atoms with Crippen molar-refractivity contribution in [1.82, 2.24) is 0 Å². The molecule has 0 aromatic heterocycles. The Morgan fingerprint density at radius 1 is 0.560 bits per heavy atom. The van der Waals surface area contributed by atoms with E-state index >= 15 is 0 Å². The summed E-state index contributed by atoms with van der Waals surface area (Å²) in [6.07, 6.45) is 14.4. The highest BCUT2D eigenvalue weighted by Gasteiger charge is 2.19. The zero-order valence-electron chi connectivity index (χ0n) is 15.4. The maximum absolute atomic E-state index is 8.63. The summed E-state index contributed by atoms with van der Waals surface area (Å²) in [4.78, 5) is 0. The van der Waals surface area contributed by atoms with Gasteiger partial charge in [-0.2, -0.15) is 0 Å². The minimum atomic E-state index is 0.322. The van der Waals surface area contributed by atoms with Crippen LogP contribution >= 0.6 is 0 Å². The molecule has 2 aliphatic rings. The van der Waals surface area contributed by atoms with E-state index in [0.717, 1.165) is 11.8 Å². The van der Waals surface area contributed by atoms with Crippen molar-refractivity contribution in [2.75, 3.05) is 0 Å². The molecule has 2 aromatic rings. The highest BCUT2D eigenvalue weighted by Crippen LogP contribution is 2.37. The predicted molar refractivity (Wildman–Crippen MR) is 106 cm³/mol. The Morgan fingerprint density at radius 2 is 1.04 bits per heavy atom. The van der Waals surface area contributed by atoms with Crippen LogP contribution in [0.5, 0.6) is 5.75 Å². The zero-order valence-corrected chi connectivity index (χ0v) is 15.4. The molecular weight excluding hydrogens is 304 g/mol. The first-order valence-electron chi connectivity index (χ1n) is 10.2. The summed E-state index contributed by atoms with van der Waals surface area (Å²) in [5, 5.41) is 8.63. The van der Waals surface area contributed by atoms with Crippen LogP contribution in [-0.2, 0) is 0 Å². The minimum Gasteiger partial charge on any atom is -0.508 e. The van der Waals surface area contributed by atoms with Crippen molar-refractivity contribution in [3.63, 3.8) is 0 Å². The van der Waals surface area contributed by atoms with Crippen LogP contribution < -0.4 is 0 Å². The summed E-state index contributed by atoms with van der Waals surface area (Å²) in [5.41, 5.74) is 3.27. The Balaban J connectivity index is 0.000000219. The number of benzene rings is 2. The SMILES string of the molecule is Oc1ccccc1.c1cc(C2CCCCC2)cc(C2CCCCC2)c1. The summed E-state index contributed by atoms with van der Waals surface area (Å²) in [6, 6.07) is 18.3. The van der Waals surface area contributed by atoms with E-state index in [1.54, 1.807) is 35.4 Å². The summed E-state index contributed by atoms with van der Waals surface area (Å²) >= 11 is 0. The molecule has 2 aliphatic carbocycles. The summed E-state index contributed by atoms with van der Waals surface area (Å²) in [6.45, 7) is 0. The molecule has 0 spiro atoms. The zero-order chi connectivity index (χ0) is 17.3. The third-order valence-corrected chi connectivity index (χ3v) is 5.82. The average molecular weight is 337 g/mol. The second-order valence-electron chi connectivity index (χ2n) is 7.68. The maximum atomic E-state index is 8.63. The lowest BCUT2D eigenvalue weighted by atomic mass is 9.80. The van der Waals surface area contributed by atoms with Crippen molar-refractivity contribution in [2.24, 2.45) is 0 Å². The van der Waals surface area contributed by atoms with E-state index in [2.05, 4.69) is 24.3 Å². The van der Waals surface area contributed by atoms with Crippen LogP contribution in [0.15, 0.2) is 54.6 Å². The second kappa shape index (κ2) is 9.65. The van der Waals surface area contributed by atoms with Crippen LogP contribution in [0.1, 0.15) is 87.2 Å². The number of phenols is 1. The van der Waals surface area contributed by atoms with Crippen LogP contribution in [0.3, 0.4) is 0 Å². The average Bonchev–Trinajstić information content (AvgIpc) is 2.71. The molecule has 0 heterocycles. The number of hydrogen-bond acceptors (Lipinski definition) is 1. The first-order chi connectivity index (χ1) is 12.3. The molecule has 134 valence electrons. The third kappa shape index (κ3) is 5.63. The highest BCUT2D eigenvalue weighted by atomic mass is 16.3. The van der Waals surface area contributed by atoms with Crippen molar-refractivity contribution in [2.45, 2.75) is 76.0 Å². The highest BCUT2D eigenvalue weighted by molar-refractivity contribution is 5.29. The van der Waals surface area contributed by atoms with Gasteiger partial charge in [0.25, 0.3) is 0 Å². The van der Waals surface area contributed by atoms with Gasteiger partial charge >= 0.3 is 0 Å². The number of para-hydroxylation sites is 1. The Hall–Kier alpha value is -1.76. The van der Waals surface area contributed by atoms with E-state index in [-0.39, 0.29) is 0 Å². The largest absolute Gasteiger partial charge is 0.508 e. The molecule has 2 aromatic carbocycles. The number of rotatable bonds is 2. The molecule has 4 rings (SSSR count). The number of phenolic OH excluding ortho intramolecular Hbond substituents is 1. The normalized spacial score (nSPS) is 19.0. The molecule has 1 nitrogen and oxygen atoms in total. The van der Waals surface area contributed by atoms with Crippen LogP contribution in [-0.4, -0.2) is 5.11 Å². The van der Waals surface area contributed by atoms with Gasteiger partial charge in [-0.3, -0.25) is 0 Å². The molecule has 0 atom stereocenters. The molecule has 0 aliphatic heterocycles. The fraction of sp³-hybridized carbons (Fsp3) is 0.500. The molecule has 0 amide bonds. The van der Waals surface area contributed by atoms with Gasteiger partial charge in [-0.05, 0) is 60.8 Å². The molecule has 25 heavy (non-hydrogen) atoms. The van der Waals surface area contributed by atoms with Crippen molar-refractivity contribution >= 4 is 0 Å². The second-order valence-corrected chi connectivity index (χ2v) is 7.68. The quantitative estimate of drug-likeness (QED) is 0.616. The Bertz CT molecular complexity index is 574.